The molecule has 3 aromatic rings. The number of nitrogens with zero attached hydrogens (tertiary/aromatic N) is 5. The van der Waals surface area contributed by atoms with Crippen molar-refractivity contribution >= 4 is 11.9 Å². The molecule has 0 unspecified atom stereocenters. The number of hydrogen-bond acceptors (Lipinski definition) is 5. The van der Waals surface area contributed by atoms with Gasteiger partial charge in [0.2, 0.25) is 5.95 Å². The van der Waals surface area contributed by atoms with Crippen LogP contribution in [0.2, 0.25) is 0 Å². The van der Waals surface area contributed by atoms with Gasteiger partial charge in [-0.25, -0.2) is 9.97 Å². The molecule has 6 heteroatoms. The lowest BCUT2D eigenvalue weighted by atomic mass is 9.91. The first-order valence-electron chi connectivity index (χ1n) is 13.0. The molecule has 6 nitrogen and oxygen atoms in total. The van der Waals surface area contributed by atoms with Crippen LogP contribution in [0.15, 0.2) is 60.8 Å². The number of hydrogen-bond donors (Lipinski definition) is 0. The second-order valence-corrected chi connectivity index (χ2v) is 9.95. The van der Waals surface area contributed by atoms with Gasteiger partial charge in [-0.05, 0) is 42.0 Å². The second kappa shape index (κ2) is 9.78. The van der Waals surface area contributed by atoms with E-state index in [1.54, 1.807) is 0 Å². The minimum Gasteiger partial charge on any atom is -0.338 e. The Morgan fingerprint density at radius 3 is 2.34 bits per heavy atom. The Morgan fingerprint density at radius 2 is 1.57 bits per heavy atom. The summed E-state index contributed by atoms with van der Waals surface area (Å²) in [4.78, 5) is 30.3. The van der Waals surface area contributed by atoms with E-state index in [4.69, 9.17) is 9.97 Å². The average molecular weight is 468 g/mol. The van der Waals surface area contributed by atoms with Gasteiger partial charge in [-0.15, -0.1) is 0 Å². The lowest BCUT2D eigenvalue weighted by Gasteiger charge is -2.43. The van der Waals surface area contributed by atoms with Gasteiger partial charge in [0.1, 0.15) is 0 Å². The Labute approximate surface area is 207 Å². The molecular formula is C29H33N5O. The number of benzene rings is 2. The van der Waals surface area contributed by atoms with Gasteiger partial charge in [0.05, 0.1) is 5.69 Å². The van der Waals surface area contributed by atoms with Crippen molar-refractivity contribution in [1.29, 1.82) is 0 Å². The van der Waals surface area contributed by atoms with Crippen molar-refractivity contribution in [3.8, 4) is 11.1 Å². The van der Waals surface area contributed by atoms with Crippen LogP contribution >= 0.6 is 0 Å². The van der Waals surface area contributed by atoms with E-state index < -0.39 is 0 Å². The van der Waals surface area contributed by atoms with Crippen LogP contribution in [-0.4, -0.2) is 71.0 Å². The highest BCUT2D eigenvalue weighted by atomic mass is 16.2. The molecule has 2 aromatic carbocycles. The van der Waals surface area contributed by atoms with Crippen LogP contribution in [0.4, 0.5) is 5.95 Å². The summed E-state index contributed by atoms with van der Waals surface area (Å²) in [5.74, 6) is 0.948. The lowest BCUT2D eigenvalue weighted by molar-refractivity contribution is 0.0763. The zero-order chi connectivity index (χ0) is 23.6. The third kappa shape index (κ3) is 4.55. The van der Waals surface area contributed by atoms with Gasteiger partial charge in [-0.3, -0.25) is 9.69 Å². The van der Waals surface area contributed by atoms with Crippen LogP contribution < -0.4 is 4.90 Å². The van der Waals surface area contributed by atoms with Crippen molar-refractivity contribution in [2.75, 3.05) is 44.2 Å². The number of aromatic nitrogens is 2. The quantitative estimate of drug-likeness (QED) is 0.579. The fourth-order valence-electron chi connectivity index (χ4n) is 5.57. The summed E-state index contributed by atoms with van der Waals surface area (Å²) >= 11 is 0. The zero-order valence-corrected chi connectivity index (χ0v) is 20.3. The number of amides is 1. The maximum atomic E-state index is 13.6. The Bertz CT molecular complexity index is 1180. The molecule has 0 bridgehead atoms. The fourth-order valence-corrected chi connectivity index (χ4v) is 5.57. The molecule has 180 valence electrons. The number of anilines is 1. The van der Waals surface area contributed by atoms with E-state index in [1.807, 2.05) is 53.6 Å². The molecule has 35 heavy (non-hydrogen) atoms. The highest BCUT2D eigenvalue weighted by molar-refractivity contribution is 6.01. The minimum absolute atomic E-state index is 0.0950. The molecule has 1 saturated carbocycles. The van der Waals surface area contributed by atoms with Gasteiger partial charge in [0.25, 0.3) is 5.91 Å². The lowest BCUT2D eigenvalue weighted by Crippen LogP contribution is -2.52. The van der Waals surface area contributed by atoms with Gasteiger partial charge in [-0.2, -0.15) is 0 Å². The summed E-state index contributed by atoms with van der Waals surface area (Å²) in [6, 6.07) is 18.9. The van der Waals surface area contributed by atoms with Gasteiger partial charge in [0, 0.05) is 63.5 Å². The molecule has 0 atom stereocenters. The number of fused-ring (bicyclic) bond motifs is 1. The number of rotatable bonds is 4. The van der Waals surface area contributed by atoms with E-state index in [0.717, 1.165) is 73.4 Å². The first kappa shape index (κ1) is 22.2. The van der Waals surface area contributed by atoms with Crippen LogP contribution in [0.5, 0.6) is 0 Å². The van der Waals surface area contributed by atoms with E-state index in [2.05, 4.69) is 21.9 Å². The average Bonchev–Trinajstić information content (AvgIpc) is 3.10. The largest absolute Gasteiger partial charge is 0.338 e. The molecule has 0 radical (unpaired) electrons. The van der Waals surface area contributed by atoms with E-state index in [0.29, 0.717) is 13.1 Å². The van der Waals surface area contributed by atoms with Gasteiger partial charge >= 0.3 is 0 Å². The molecular weight excluding hydrogens is 434 g/mol. The molecule has 1 amide bonds. The predicted octanol–water partition coefficient (Wildman–Crippen LogP) is 4.06. The molecule has 1 aliphatic carbocycles. The molecule has 1 saturated heterocycles. The van der Waals surface area contributed by atoms with Crippen molar-refractivity contribution in [1.82, 2.24) is 19.8 Å². The maximum Gasteiger partial charge on any atom is 0.254 e. The molecule has 6 rings (SSSR count). The van der Waals surface area contributed by atoms with Gasteiger partial charge in [0.15, 0.2) is 0 Å². The van der Waals surface area contributed by atoms with Crippen LogP contribution in [-0.2, 0) is 12.8 Å². The van der Waals surface area contributed by atoms with Crippen molar-refractivity contribution < 1.29 is 4.79 Å². The van der Waals surface area contributed by atoms with Crippen LogP contribution in [0.3, 0.4) is 0 Å². The topological polar surface area (TPSA) is 52.6 Å². The summed E-state index contributed by atoms with van der Waals surface area (Å²) in [5.41, 5.74) is 5.10. The highest BCUT2D eigenvalue weighted by Crippen LogP contribution is 2.28. The van der Waals surface area contributed by atoms with Gasteiger partial charge < -0.3 is 9.80 Å². The normalized spacial score (nSPS) is 19.1. The fraction of sp³-hybridized carbons (Fsp3) is 0.414. The summed E-state index contributed by atoms with van der Waals surface area (Å²) in [5, 5.41) is 0. The van der Waals surface area contributed by atoms with E-state index in [-0.39, 0.29) is 5.91 Å². The Kier molecular flexibility index (Phi) is 6.21. The number of carbonyl (C=O) groups is 1. The first-order chi connectivity index (χ1) is 17.3. The standard InChI is InChI=1S/C29H33N5O/c35-28(26-12-5-4-11-25(26)22-7-2-1-3-8-22)33-15-13-23-21-30-29(31-27(23)14-16-33)34-19-17-32(18-20-34)24-9-6-10-24/h1-5,7-8,11-12,21,24H,6,9-10,13-20H2. The number of piperazine rings is 1. The van der Waals surface area contributed by atoms with Crippen LogP contribution in [0.1, 0.15) is 40.9 Å². The summed E-state index contributed by atoms with van der Waals surface area (Å²) in [6.07, 6.45) is 7.68. The maximum absolute atomic E-state index is 13.6. The van der Waals surface area contributed by atoms with Crippen LogP contribution in [0, 0.1) is 0 Å². The first-order valence-corrected chi connectivity index (χ1v) is 13.0. The molecule has 3 aliphatic rings. The third-order valence-electron chi connectivity index (χ3n) is 7.93. The predicted molar refractivity (Wildman–Crippen MR) is 139 cm³/mol. The van der Waals surface area contributed by atoms with E-state index in [9.17, 15) is 4.79 Å². The SMILES string of the molecule is O=C(c1ccccc1-c1ccccc1)N1CCc2cnc(N3CCN(C4CCC4)CC3)nc2CC1. The van der Waals surface area contributed by atoms with Crippen LogP contribution in [0.25, 0.3) is 11.1 Å². The second-order valence-electron chi connectivity index (χ2n) is 9.95. The molecule has 2 aliphatic heterocycles. The summed E-state index contributed by atoms with van der Waals surface area (Å²) in [7, 11) is 0. The van der Waals surface area contributed by atoms with E-state index in [1.165, 1.54) is 24.8 Å². The van der Waals surface area contributed by atoms with Crippen molar-refractivity contribution in [3.63, 3.8) is 0 Å². The Hall–Kier alpha value is -3.25. The molecule has 2 fully saturated rings. The zero-order valence-electron chi connectivity index (χ0n) is 20.3. The summed E-state index contributed by atoms with van der Waals surface area (Å²) < 4.78 is 0. The smallest absolute Gasteiger partial charge is 0.254 e. The number of carbonyl (C=O) groups excluding carboxylic acids is 1. The Morgan fingerprint density at radius 1 is 0.829 bits per heavy atom. The van der Waals surface area contributed by atoms with Crippen molar-refractivity contribution in [2.45, 2.75) is 38.1 Å². The monoisotopic (exact) mass is 467 g/mol. The van der Waals surface area contributed by atoms with Crippen molar-refractivity contribution in [3.05, 3.63) is 77.6 Å². The van der Waals surface area contributed by atoms with E-state index >= 15 is 0 Å². The Balaban J connectivity index is 1.15. The summed E-state index contributed by atoms with van der Waals surface area (Å²) in [6.45, 7) is 5.58. The minimum atomic E-state index is 0.0950. The highest BCUT2D eigenvalue weighted by Gasteiger charge is 2.29. The molecule has 0 spiro atoms. The molecule has 3 heterocycles. The molecule has 0 N–H and O–H groups in total. The van der Waals surface area contributed by atoms with Gasteiger partial charge in [-0.1, -0.05) is 55.0 Å². The molecule has 1 aromatic heterocycles. The third-order valence-corrected chi connectivity index (χ3v) is 7.93. The van der Waals surface area contributed by atoms with Crippen molar-refractivity contribution in [2.24, 2.45) is 0 Å².